The number of carbonyl (C=O) groups excluding carboxylic acids is 1. The second kappa shape index (κ2) is 10.1. The van der Waals surface area contributed by atoms with E-state index in [2.05, 4.69) is 10.6 Å². The van der Waals surface area contributed by atoms with Crippen LogP contribution in [0.3, 0.4) is 0 Å². The molecular formula is C17H25ClN2O3. The van der Waals surface area contributed by atoms with Gasteiger partial charge in [-0.2, -0.15) is 0 Å². The molecule has 23 heavy (non-hydrogen) atoms. The summed E-state index contributed by atoms with van der Waals surface area (Å²) in [7, 11) is 1.59. The first-order chi connectivity index (χ1) is 10.7. The fourth-order valence-electron chi connectivity index (χ4n) is 2.49. The maximum atomic E-state index is 11.9. The maximum Gasteiger partial charge on any atom is 0.258 e. The first-order valence-electron chi connectivity index (χ1n) is 7.66. The summed E-state index contributed by atoms with van der Waals surface area (Å²) in [5.41, 5.74) is 1.03. The van der Waals surface area contributed by atoms with Gasteiger partial charge in [-0.1, -0.05) is 18.2 Å². The van der Waals surface area contributed by atoms with Crippen LogP contribution in [-0.4, -0.2) is 38.8 Å². The number of ether oxygens (including phenoxy) is 2. The Kier molecular flexibility index (Phi) is 8.51. The number of allylic oxidation sites excluding steroid dienone is 1. The average Bonchev–Trinajstić information content (AvgIpc) is 2.54. The summed E-state index contributed by atoms with van der Waals surface area (Å²) in [5, 5.41) is 6.25. The van der Waals surface area contributed by atoms with Crippen molar-refractivity contribution >= 4 is 24.4 Å². The molecule has 128 valence electrons. The van der Waals surface area contributed by atoms with Gasteiger partial charge in [0.15, 0.2) is 18.1 Å². The van der Waals surface area contributed by atoms with Crippen molar-refractivity contribution < 1.29 is 14.3 Å². The van der Waals surface area contributed by atoms with Crippen LogP contribution in [0.2, 0.25) is 0 Å². The fraction of sp³-hybridized carbons (Fsp3) is 0.471. The summed E-state index contributed by atoms with van der Waals surface area (Å²) >= 11 is 0. The topological polar surface area (TPSA) is 59.6 Å². The molecule has 1 saturated heterocycles. The zero-order valence-corrected chi connectivity index (χ0v) is 14.4. The molecule has 0 aliphatic carbocycles. The van der Waals surface area contributed by atoms with Gasteiger partial charge in [0.25, 0.3) is 5.91 Å². The number of hydrogen-bond donors (Lipinski definition) is 2. The molecule has 5 nitrogen and oxygen atoms in total. The van der Waals surface area contributed by atoms with Crippen molar-refractivity contribution in [2.45, 2.75) is 25.8 Å². The van der Waals surface area contributed by atoms with Crippen LogP contribution >= 0.6 is 12.4 Å². The summed E-state index contributed by atoms with van der Waals surface area (Å²) in [4.78, 5) is 11.9. The predicted octanol–water partition coefficient (Wildman–Crippen LogP) is 2.40. The average molecular weight is 341 g/mol. The lowest BCUT2D eigenvalue weighted by Gasteiger charge is -2.23. The number of carbonyl (C=O) groups is 1. The molecule has 1 atom stereocenters. The molecule has 1 amide bonds. The van der Waals surface area contributed by atoms with Crippen LogP contribution in [0, 0.1) is 0 Å². The van der Waals surface area contributed by atoms with E-state index in [9.17, 15) is 4.79 Å². The normalized spacial score (nSPS) is 17.4. The standard InChI is InChI=1S/C17H24N2O3.ClH/c1-3-5-13-7-8-15(16(10-13)21-2)22-12-17(20)19-14-6-4-9-18-11-14;/h3,5,7-8,10,14,18H,4,6,9,11-12H2,1-2H3,(H,19,20);1H/b5-3+;. The van der Waals surface area contributed by atoms with Gasteiger partial charge < -0.3 is 20.1 Å². The van der Waals surface area contributed by atoms with Gasteiger partial charge >= 0.3 is 0 Å². The van der Waals surface area contributed by atoms with Gasteiger partial charge in [0.2, 0.25) is 0 Å². The lowest BCUT2D eigenvalue weighted by atomic mass is 10.1. The van der Waals surface area contributed by atoms with Gasteiger partial charge in [0.05, 0.1) is 7.11 Å². The second-order valence-electron chi connectivity index (χ2n) is 5.31. The summed E-state index contributed by atoms with van der Waals surface area (Å²) in [5.74, 6) is 1.10. The SMILES string of the molecule is C/C=C/c1ccc(OCC(=O)NC2CCCNC2)c(OC)c1.Cl. The molecule has 0 radical (unpaired) electrons. The lowest BCUT2D eigenvalue weighted by Crippen LogP contribution is -2.47. The van der Waals surface area contributed by atoms with E-state index in [1.165, 1.54) is 0 Å². The van der Waals surface area contributed by atoms with Gasteiger partial charge in [0, 0.05) is 12.6 Å². The van der Waals surface area contributed by atoms with Gasteiger partial charge in [-0.3, -0.25) is 4.79 Å². The molecule has 2 rings (SSSR count). The Morgan fingerprint density at radius 2 is 2.26 bits per heavy atom. The monoisotopic (exact) mass is 340 g/mol. The van der Waals surface area contributed by atoms with E-state index in [1.807, 2.05) is 37.3 Å². The largest absolute Gasteiger partial charge is 0.493 e. The second-order valence-corrected chi connectivity index (χ2v) is 5.31. The number of amides is 1. The summed E-state index contributed by atoms with van der Waals surface area (Å²) in [6.07, 6.45) is 6.04. The van der Waals surface area contributed by atoms with Crippen LogP contribution in [0.25, 0.3) is 6.08 Å². The zero-order chi connectivity index (χ0) is 15.8. The van der Waals surface area contributed by atoms with Gasteiger partial charge in [-0.05, 0) is 44.0 Å². The Morgan fingerprint density at radius 3 is 2.91 bits per heavy atom. The van der Waals surface area contributed by atoms with Crippen LogP contribution in [0.1, 0.15) is 25.3 Å². The van der Waals surface area contributed by atoms with Crippen molar-refractivity contribution in [3.8, 4) is 11.5 Å². The minimum atomic E-state index is -0.103. The van der Waals surface area contributed by atoms with E-state index in [0.717, 1.165) is 31.5 Å². The van der Waals surface area contributed by atoms with E-state index in [4.69, 9.17) is 9.47 Å². The van der Waals surface area contributed by atoms with E-state index >= 15 is 0 Å². The Morgan fingerprint density at radius 1 is 1.43 bits per heavy atom. The van der Waals surface area contributed by atoms with Crippen LogP contribution in [0.4, 0.5) is 0 Å². The summed E-state index contributed by atoms with van der Waals surface area (Å²) in [6.45, 7) is 3.81. The highest BCUT2D eigenvalue weighted by Gasteiger charge is 2.16. The van der Waals surface area contributed by atoms with Crippen LogP contribution < -0.4 is 20.1 Å². The van der Waals surface area contributed by atoms with E-state index in [1.54, 1.807) is 7.11 Å². The Bertz CT molecular complexity index is 529. The third-order valence-electron chi connectivity index (χ3n) is 3.57. The number of piperidine rings is 1. The third-order valence-corrected chi connectivity index (χ3v) is 3.57. The van der Waals surface area contributed by atoms with E-state index in [-0.39, 0.29) is 31.0 Å². The molecule has 1 aliphatic rings. The molecule has 1 unspecified atom stereocenters. The highest BCUT2D eigenvalue weighted by atomic mass is 35.5. The lowest BCUT2D eigenvalue weighted by molar-refractivity contribution is -0.123. The Balaban J connectivity index is 0.00000264. The highest BCUT2D eigenvalue weighted by molar-refractivity contribution is 5.85. The molecule has 1 heterocycles. The van der Waals surface area contributed by atoms with Gasteiger partial charge in [0.1, 0.15) is 0 Å². The number of hydrogen-bond acceptors (Lipinski definition) is 4. The number of nitrogens with one attached hydrogen (secondary N) is 2. The summed E-state index contributed by atoms with van der Waals surface area (Å²) < 4.78 is 10.9. The van der Waals surface area contributed by atoms with Crippen molar-refractivity contribution in [3.05, 3.63) is 29.8 Å². The Labute approximate surface area is 143 Å². The van der Waals surface area contributed by atoms with Crippen LogP contribution in [0.5, 0.6) is 11.5 Å². The smallest absolute Gasteiger partial charge is 0.258 e. The first kappa shape index (κ1) is 19.3. The number of methoxy groups -OCH3 is 1. The third kappa shape index (κ3) is 6.12. The van der Waals surface area contributed by atoms with Crippen molar-refractivity contribution in [1.29, 1.82) is 0 Å². The number of halogens is 1. The highest BCUT2D eigenvalue weighted by Crippen LogP contribution is 2.28. The number of rotatable bonds is 6. The Hall–Kier alpha value is -1.72. The molecule has 2 N–H and O–H groups in total. The quantitative estimate of drug-likeness (QED) is 0.835. The predicted molar refractivity (Wildman–Crippen MR) is 94.5 cm³/mol. The summed E-state index contributed by atoms with van der Waals surface area (Å²) in [6, 6.07) is 5.84. The fourth-order valence-corrected chi connectivity index (χ4v) is 2.49. The van der Waals surface area contributed by atoms with E-state index < -0.39 is 0 Å². The zero-order valence-electron chi connectivity index (χ0n) is 13.6. The minimum Gasteiger partial charge on any atom is -0.493 e. The van der Waals surface area contributed by atoms with Crippen molar-refractivity contribution in [2.24, 2.45) is 0 Å². The van der Waals surface area contributed by atoms with Gasteiger partial charge in [-0.25, -0.2) is 0 Å². The van der Waals surface area contributed by atoms with Crippen molar-refractivity contribution in [3.63, 3.8) is 0 Å². The van der Waals surface area contributed by atoms with Crippen LogP contribution in [0.15, 0.2) is 24.3 Å². The van der Waals surface area contributed by atoms with E-state index in [0.29, 0.717) is 11.5 Å². The van der Waals surface area contributed by atoms with Gasteiger partial charge in [-0.15, -0.1) is 12.4 Å². The molecule has 0 spiro atoms. The molecule has 1 aliphatic heterocycles. The number of benzene rings is 1. The molecular weight excluding hydrogens is 316 g/mol. The first-order valence-corrected chi connectivity index (χ1v) is 7.66. The molecule has 1 aromatic carbocycles. The molecule has 0 saturated carbocycles. The molecule has 0 bridgehead atoms. The molecule has 0 aromatic heterocycles. The molecule has 1 aromatic rings. The molecule has 6 heteroatoms. The van der Waals surface area contributed by atoms with Crippen molar-refractivity contribution in [1.82, 2.24) is 10.6 Å². The maximum absolute atomic E-state index is 11.9. The molecule has 1 fully saturated rings. The van der Waals surface area contributed by atoms with Crippen molar-refractivity contribution in [2.75, 3.05) is 26.8 Å². The van der Waals surface area contributed by atoms with Crippen LogP contribution in [-0.2, 0) is 4.79 Å². The minimum absolute atomic E-state index is 0.